The summed E-state index contributed by atoms with van der Waals surface area (Å²) in [5.74, 6) is -0.119. The fourth-order valence-corrected chi connectivity index (χ4v) is 2.44. The van der Waals surface area contributed by atoms with Gasteiger partial charge >= 0.3 is 5.97 Å². The van der Waals surface area contributed by atoms with Crippen molar-refractivity contribution in [3.05, 3.63) is 23.4 Å². The fraction of sp³-hybridized carbons (Fsp3) is 0.625. The molecule has 0 bridgehead atoms. The lowest BCUT2D eigenvalue weighted by Gasteiger charge is -2.38. The molecule has 5 heteroatoms. The molecule has 1 N–H and O–H groups in total. The molecular weight excluding hydrogens is 266 g/mol. The van der Waals surface area contributed by atoms with Gasteiger partial charge in [-0.15, -0.1) is 0 Å². The Kier molecular flexibility index (Phi) is 4.23. The van der Waals surface area contributed by atoms with E-state index in [0.29, 0.717) is 11.6 Å². The lowest BCUT2D eigenvalue weighted by molar-refractivity contribution is 0.0696. The highest BCUT2D eigenvalue weighted by atomic mass is 16.4. The molecule has 0 amide bonds. The molecule has 1 unspecified atom stereocenters. The van der Waals surface area contributed by atoms with Gasteiger partial charge in [-0.3, -0.25) is 0 Å². The van der Waals surface area contributed by atoms with Crippen molar-refractivity contribution in [3.63, 3.8) is 0 Å². The summed E-state index contributed by atoms with van der Waals surface area (Å²) in [5.41, 5.74) is 0.971. The summed E-state index contributed by atoms with van der Waals surface area (Å²) in [6.07, 6.45) is 0. The van der Waals surface area contributed by atoms with Gasteiger partial charge in [-0.25, -0.2) is 9.78 Å². The van der Waals surface area contributed by atoms with E-state index in [1.807, 2.05) is 0 Å². The minimum Gasteiger partial charge on any atom is -0.478 e. The van der Waals surface area contributed by atoms with E-state index in [1.165, 1.54) is 0 Å². The quantitative estimate of drug-likeness (QED) is 0.905. The largest absolute Gasteiger partial charge is 0.478 e. The number of aromatic nitrogens is 1. The van der Waals surface area contributed by atoms with E-state index in [4.69, 9.17) is 4.98 Å². The molecule has 0 radical (unpaired) electrons. The maximum atomic E-state index is 11.4. The van der Waals surface area contributed by atoms with E-state index in [1.54, 1.807) is 12.1 Å². The maximum Gasteiger partial charge on any atom is 0.335 e. The second-order valence-corrected chi connectivity index (χ2v) is 6.93. The van der Waals surface area contributed by atoms with Crippen LogP contribution in [0.3, 0.4) is 0 Å². The standard InChI is InChI=1S/C16H25N3O2/c1-11-10-19(7-6-18(11)5)14-9-12(15(20)21)8-13(17-14)16(2,3)4/h8-9,11H,6-7,10H2,1-5H3,(H,20,21). The Labute approximate surface area is 126 Å². The highest BCUT2D eigenvalue weighted by molar-refractivity contribution is 5.88. The highest BCUT2D eigenvalue weighted by Crippen LogP contribution is 2.26. The van der Waals surface area contributed by atoms with Gasteiger partial charge in [-0.1, -0.05) is 20.8 Å². The number of anilines is 1. The third-order valence-electron chi connectivity index (χ3n) is 4.11. The number of carbonyl (C=O) groups is 1. The Morgan fingerprint density at radius 2 is 2.00 bits per heavy atom. The molecule has 0 spiro atoms. The van der Waals surface area contributed by atoms with Gasteiger partial charge in [0.15, 0.2) is 0 Å². The van der Waals surface area contributed by atoms with Crippen LogP contribution in [0.5, 0.6) is 0 Å². The summed E-state index contributed by atoms with van der Waals surface area (Å²) >= 11 is 0. The number of rotatable bonds is 2. The molecule has 21 heavy (non-hydrogen) atoms. The van der Waals surface area contributed by atoms with Crippen molar-refractivity contribution >= 4 is 11.8 Å². The zero-order valence-corrected chi connectivity index (χ0v) is 13.6. The summed E-state index contributed by atoms with van der Waals surface area (Å²) in [4.78, 5) is 20.6. The molecule has 5 nitrogen and oxygen atoms in total. The van der Waals surface area contributed by atoms with Crippen molar-refractivity contribution in [2.75, 3.05) is 31.6 Å². The summed E-state index contributed by atoms with van der Waals surface area (Å²) < 4.78 is 0. The summed E-state index contributed by atoms with van der Waals surface area (Å²) in [7, 11) is 2.11. The summed E-state index contributed by atoms with van der Waals surface area (Å²) in [6.45, 7) is 11.0. The molecule has 1 aromatic rings. The Bertz CT molecular complexity index is 537. The Morgan fingerprint density at radius 1 is 1.33 bits per heavy atom. The molecule has 2 rings (SSSR count). The van der Waals surface area contributed by atoms with Crippen LogP contribution in [-0.4, -0.2) is 53.7 Å². The van der Waals surface area contributed by atoms with E-state index in [-0.39, 0.29) is 5.41 Å². The third kappa shape index (κ3) is 3.53. The molecule has 1 fully saturated rings. The highest BCUT2D eigenvalue weighted by Gasteiger charge is 2.25. The molecule has 116 valence electrons. The predicted molar refractivity (Wildman–Crippen MR) is 84.2 cm³/mol. The number of likely N-dealkylation sites (N-methyl/N-ethyl adjacent to an activating group) is 1. The number of carboxylic acids is 1. The Morgan fingerprint density at radius 3 is 2.52 bits per heavy atom. The zero-order chi connectivity index (χ0) is 15.8. The van der Waals surface area contributed by atoms with Gasteiger partial charge in [0.2, 0.25) is 0 Å². The summed E-state index contributed by atoms with van der Waals surface area (Å²) in [5, 5.41) is 9.34. The first kappa shape index (κ1) is 15.8. The van der Waals surface area contributed by atoms with E-state index in [0.717, 1.165) is 31.1 Å². The Hall–Kier alpha value is -1.62. The second kappa shape index (κ2) is 5.64. The monoisotopic (exact) mass is 291 g/mol. The van der Waals surface area contributed by atoms with Crippen LogP contribution in [0.2, 0.25) is 0 Å². The Balaban J connectivity index is 2.39. The number of nitrogens with zero attached hydrogens (tertiary/aromatic N) is 3. The van der Waals surface area contributed by atoms with Crippen LogP contribution in [0.1, 0.15) is 43.7 Å². The number of hydrogen-bond donors (Lipinski definition) is 1. The van der Waals surface area contributed by atoms with E-state index < -0.39 is 5.97 Å². The average molecular weight is 291 g/mol. The fourth-order valence-electron chi connectivity index (χ4n) is 2.44. The molecule has 1 aliphatic heterocycles. The number of hydrogen-bond acceptors (Lipinski definition) is 4. The first-order chi connectivity index (χ1) is 9.68. The van der Waals surface area contributed by atoms with E-state index >= 15 is 0 Å². The number of aromatic carboxylic acids is 1. The third-order valence-corrected chi connectivity index (χ3v) is 4.11. The van der Waals surface area contributed by atoms with Gasteiger partial charge in [0.25, 0.3) is 0 Å². The number of pyridine rings is 1. The van der Waals surface area contributed by atoms with Crippen molar-refractivity contribution in [2.24, 2.45) is 0 Å². The maximum absolute atomic E-state index is 11.4. The first-order valence-electron chi connectivity index (χ1n) is 7.39. The predicted octanol–water partition coefficient (Wildman–Crippen LogP) is 2.22. The van der Waals surface area contributed by atoms with Crippen molar-refractivity contribution in [1.82, 2.24) is 9.88 Å². The molecule has 0 aliphatic carbocycles. The molecule has 1 atom stereocenters. The van der Waals surface area contributed by atoms with Crippen molar-refractivity contribution in [3.8, 4) is 0 Å². The first-order valence-corrected chi connectivity index (χ1v) is 7.39. The molecule has 0 saturated carbocycles. The van der Waals surface area contributed by atoms with Gasteiger partial charge in [0, 0.05) is 36.8 Å². The van der Waals surface area contributed by atoms with Crippen LogP contribution in [-0.2, 0) is 5.41 Å². The van der Waals surface area contributed by atoms with Gasteiger partial charge in [0.05, 0.1) is 5.56 Å². The van der Waals surface area contributed by atoms with Crippen molar-refractivity contribution in [1.29, 1.82) is 0 Å². The van der Waals surface area contributed by atoms with Crippen LogP contribution in [0.15, 0.2) is 12.1 Å². The van der Waals surface area contributed by atoms with Gasteiger partial charge in [-0.2, -0.15) is 0 Å². The van der Waals surface area contributed by atoms with Crippen LogP contribution in [0.25, 0.3) is 0 Å². The average Bonchev–Trinajstić information content (AvgIpc) is 2.40. The molecule has 1 aromatic heterocycles. The minimum atomic E-state index is -0.897. The lowest BCUT2D eigenvalue weighted by atomic mass is 9.90. The van der Waals surface area contributed by atoms with E-state index in [2.05, 4.69) is 44.5 Å². The lowest BCUT2D eigenvalue weighted by Crippen LogP contribution is -2.50. The molecule has 1 aliphatic rings. The van der Waals surface area contributed by atoms with Crippen LogP contribution >= 0.6 is 0 Å². The molecule has 2 heterocycles. The van der Waals surface area contributed by atoms with Crippen molar-refractivity contribution in [2.45, 2.75) is 39.2 Å². The van der Waals surface area contributed by atoms with Crippen LogP contribution < -0.4 is 4.90 Å². The SMILES string of the molecule is CC1CN(c2cc(C(=O)O)cc(C(C)(C)C)n2)CCN1C. The topological polar surface area (TPSA) is 56.7 Å². The summed E-state index contributed by atoms with van der Waals surface area (Å²) in [6, 6.07) is 3.81. The zero-order valence-electron chi connectivity index (χ0n) is 13.6. The number of piperazine rings is 1. The van der Waals surface area contributed by atoms with Gasteiger partial charge < -0.3 is 14.9 Å². The molecular formula is C16H25N3O2. The van der Waals surface area contributed by atoms with Crippen molar-refractivity contribution < 1.29 is 9.90 Å². The normalized spacial score (nSPS) is 20.6. The van der Waals surface area contributed by atoms with Crippen LogP contribution in [0, 0.1) is 0 Å². The van der Waals surface area contributed by atoms with Crippen LogP contribution in [0.4, 0.5) is 5.82 Å². The smallest absolute Gasteiger partial charge is 0.335 e. The van der Waals surface area contributed by atoms with Gasteiger partial charge in [-0.05, 0) is 26.1 Å². The van der Waals surface area contributed by atoms with Gasteiger partial charge in [0.1, 0.15) is 5.82 Å². The number of carboxylic acid groups (broad SMARTS) is 1. The van der Waals surface area contributed by atoms with E-state index in [9.17, 15) is 9.90 Å². The molecule has 1 saturated heterocycles. The minimum absolute atomic E-state index is 0.168. The molecule has 0 aromatic carbocycles. The second-order valence-electron chi connectivity index (χ2n) is 6.93.